The zero-order valence-corrected chi connectivity index (χ0v) is 8.30. The molecule has 0 aliphatic carbocycles. The second-order valence-corrected chi connectivity index (χ2v) is 3.33. The Morgan fingerprint density at radius 1 is 1.00 bits per heavy atom. The Balaban J connectivity index is 2.64. The number of benzene rings is 1. The van der Waals surface area contributed by atoms with E-state index in [1.807, 2.05) is 0 Å². The number of aromatic amines is 1. The summed E-state index contributed by atoms with van der Waals surface area (Å²) in [4.78, 5) is 13.3. The Labute approximate surface area is 93.5 Å². The highest BCUT2D eigenvalue weighted by molar-refractivity contribution is 5.95. The molecule has 0 fully saturated rings. The number of rotatable bonds is 2. The lowest BCUT2D eigenvalue weighted by molar-refractivity contribution is 0.0698. The highest BCUT2D eigenvalue weighted by Gasteiger charge is 2.18. The zero-order valence-electron chi connectivity index (χ0n) is 8.30. The molecule has 0 bridgehead atoms. The van der Waals surface area contributed by atoms with E-state index >= 15 is 0 Å². The Kier molecular flexibility index (Phi) is 2.63. The topological polar surface area (TPSA) is 53.1 Å². The third kappa shape index (κ3) is 1.89. The predicted molar refractivity (Wildman–Crippen MR) is 53.1 cm³/mol. The van der Waals surface area contributed by atoms with Crippen LogP contribution in [0.25, 0.3) is 11.1 Å². The normalized spacial score (nSPS) is 10.5. The van der Waals surface area contributed by atoms with E-state index in [0.29, 0.717) is 12.1 Å². The lowest BCUT2D eigenvalue weighted by Crippen LogP contribution is -1.98. The minimum absolute atomic E-state index is 0.0334. The quantitative estimate of drug-likeness (QED) is 0.794. The van der Waals surface area contributed by atoms with Gasteiger partial charge in [0.2, 0.25) is 0 Å². The van der Waals surface area contributed by atoms with E-state index in [1.165, 1.54) is 6.20 Å². The molecule has 0 amide bonds. The molecule has 0 atom stereocenters. The number of nitrogens with one attached hydrogen (secondary N) is 1. The fourth-order valence-corrected chi connectivity index (χ4v) is 1.49. The number of carbonyl (C=O) groups is 1. The van der Waals surface area contributed by atoms with E-state index in [2.05, 4.69) is 4.98 Å². The molecular formula is C11H6F3NO2. The van der Waals surface area contributed by atoms with Crippen LogP contribution >= 0.6 is 0 Å². The fourth-order valence-electron chi connectivity index (χ4n) is 1.49. The highest BCUT2D eigenvalue weighted by atomic mass is 19.2. The van der Waals surface area contributed by atoms with Gasteiger partial charge < -0.3 is 10.1 Å². The van der Waals surface area contributed by atoms with Crippen LogP contribution in [0.1, 0.15) is 10.4 Å². The third-order valence-corrected chi connectivity index (χ3v) is 2.28. The van der Waals surface area contributed by atoms with Gasteiger partial charge in [-0.2, -0.15) is 0 Å². The minimum Gasteiger partial charge on any atom is -0.478 e. The SMILES string of the molecule is O=C(O)c1c[nH]cc1-c1cc(F)c(F)cc1F. The molecule has 17 heavy (non-hydrogen) atoms. The fraction of sp³-hybridized carbons (Fsp3) is 0. The first-order chi connectivity index (χ1) is 8.00. The summed E-state index contributed by atoms with van der Waals surface area (Å²) in [7, 11) is 0. The van der Waals surface area contributed by atoms with E-state index in [-0.39, 0.29) is 16.7 Å². The summed E-state index contributed by atoms with van der Waals surface area (Å²) >= 11 is 0. The summed E-state index contributed by atoms with van der Waals surface area (Å²) in [6.45, 7) is 0. The number of carboxylic acid groups (broad SMARTS) is 1. The summed E-state index contributed by atoms with van der Waals surface area (Å²) < 4.78 is 39.1. The van der Waals surface area contributed by atoms with Crippen molar-refractivity contribution in [2.45, 2.75) is 0 Å². The number of carboxylic acids is 1. The first kappa shape index (κ1) is 11.3. The van der Waals surface area contributed by atoms with Gasteiger partial charge in [0.1, 0.15) is 5.82 Å². The molecule has 0 aliphatic rings. The lowest BCUT2D eigenvalue weighted by atomic mass is 10.0. The maximum absolute atomic E-state index is 13.4. The maximum Gasteiger partial charge on any atom is 0.337 e. The second-order valence-electron chi connectivity index (χ2n) is 3.33. The molecule has 0 aliphatic heterocycles. The molecule has 2 aromatic rings. The van der Waals surface area contributed by atoms with E-state index in [9.17, 15) is 18.0 Å². The molecule has 2 rings (SSSR count). The highest BCUT2D eigenvalue weighted by Crippen LogP contribution is 2.28. The monoisotopic (exact) mass is 241 g/mol. The standard InChI is InChI=1S/C11H6F3NO2/c12-8-2-10(14)9(13)1-5(8)6-3-15-4-7(6)11(16)17/h1-4,15H,(H,16,17). The van der Waals surface area contributed by atoms with E-state index < -0.39 is 23.4 Å². The average molecular weight is 241 g/mol. The number of halogens is 3. The number of hydrogen-bond donors (Lipinski definition) is 2. The van der Waals surface area contributed by atoms with Crippen molar-refractivity contribution in [3.63, 3.8) is 0 Å². The van der Waals surface area contributed by atoms with Crippen LogP contribution in [0.3, 0.4) is 0 Å². The van der Waals surface area contributed by atoms with Crippen LogP contribution in [-0.4, -0.2) is 16.1 Å². The molecule has 0 spiro atoms. The Bertz CT molecular complexity index is 592. The second kappa shape index (κ2) is 3.97. The molecule has 88 valence electrons. The molecule has 3 nitrogen and oxygen atoms in total. The summed E-state index contributed by atoms with van der Waals surface area (Å²) in [6, 6.07) is 1.00. The van der Waals surface area contributed by atoms with Crippen molar-refractivity contribution in [3.8, 4) is 11.1 Å². The van der Waals surface area contributed by atoms with Gasteiger partial charge in [-0.3, -0.25) is 0 Å². The summed E-state index contributed by atoms with van der Waals surface area (Å²) in [5.74, 6) is -4.87. The average Bonchev–Trinajstić information content (AvgIpc) is 2.72. The first-order valence-electron chi connectivity index (χ1n) is 4.55. The van der Waals surface area contributed by atoms with Crippen LogP contribution in [0.4, 0.5) is 13.2 Å². The largest absolute Gasteiger partial charge is 0.478 e. The Hall–Kier alpha value is -2.24. The molecule has 1 aromatic carbocycles. The molecule has 0 unspecified atom stereocenters. The van der Waals surface area contributed by atoms with Crippen molar-refractivity contribution in [1.82, 2.24) is 4.98 Å². The molecular weight excluding hydrogens is 235 g/mol. The number of aromatic nitrogens is 1. The van der Waals surface area contributed by atoms with Gasteiger partial charge in [0, 0.05) is 29.6 Å². The van der Waals surface area contributed by atoms with Crippen molar-refractivity contribution >= 4 is 5.97 Å². The molecule has 1 aromatic heterocycles. The first-order valence-corrected chi connectivity index (χ1v) is 4.55. The van der Waals surface area contributed by atoms with Crippen LogP contribution in [0.2, 0.25) is 0 Å². The van der Waals surface area contributed by atoms with E-state index in [1.54, 1.807) is 0 Å². The van der Waals surface area contributed by atoms with Gasteiger partial charge in [-0.1, -0.05) is 0 Å². The van der Waals surface area contributed by atoms with Crippen LogP contribution in [0.5, 0.6) is 0 Å². The van der Waals surface area contributed by atoms with Gasteiger partial charge in [0.25, 0.3) is 0 Å². The van der Waals surface area contributed by atoms with Crippen molar-refractivity contribution in [3.05, 3.63) is 47.5 Å². The van der Waals surface area contributed by atoms with Crippen molar-refractivity contribution in [2.75, 3.05) is 0 Å². The van der Waals surface area contributed by atoms with Crippen molar-refractivity contribution < 1.29 is 23.1 Å². The van der Waals surface area contributed by atoms with Crippen LogP contribution in [0.15, 0.2) is 24.5 Å². The van der Waals surface area contributed by atoms with Crippen LogP contribution < -0.4 is 0 Å². The van der Waals surface area contributed by atoms with Gasteiger partial charge >= 0.3 is 5.97 Å². The van der Waals surface area contributed by atoms with Gasteiger partial charge in [0.05, 0.1) is 5.56 Å². The third-order valence-electron chi connectivity index (χ3n) is 2.28. The molecule has 1 heterocycles. The minimum atomic E-state index is -1.32. The lowest BCUT2D eigenvalue weighted by Gasteiger charge is -2.03. The smallest absolute Gasteiger partial charge is 0.337 e. The van der Waals surface area contributed by atoms with E-state index in [0.717, 1.165) is 6.20 Å². The molecule has 0 radical (unpaired) electrons. The van der Waals surface area contributed by atoms with Gasteiger partial charge in [-0.05, 0) is 6.07 Å². The van der Waals surface area contributed by atoms with Crippen LogP contribution in [0, 0.1) is 17.5 Å². The maximum atomic E-state index is 13.4. The Morgan fingerprint density at radius 3 is 2.29 bits per heavy atom. The van der Waals surface area contributed by atoms with Crippen molar-refractivity contribution in [2.24, 2.45) is 0 Å². The molecule has 6 heteroatoms. The zero-order chi connectivity index (χ0) is 12.6. The predicted octanol–water partition coefficient (Wildman–Crippen LogP) is 2.80. The molecule has 0 saturated heterocycles. The molecule has 0 saturated carbocycles. The Morgan fingerprint density at radius 2 is 1.65 bits per heavy atom. The molecule has 2 N–H and O–H groups in total. The summed E-state index contributed by atoms with van der Waals surface area (Å²) in [5.41, 5.74) is -0.550. The van der Waals surface area contributed by atoms with Gasteiger partial charge in [-0.25, -0.2) is 18.0 Å². The van der Waals surface area contributed by atoms with Crippen LogP contribution in [-0.2, 0) is 0 Å². The summed E-state index contributed by atoms with van der Waals surface area (Å²) in [5, 5.41) is 8.82. The number of H-pyrrole nitrogens is 1. The van der Waals surface area contributed by atoms with Gasteiger partial charge in [-0.15, -0.1) is 0 Å². The summed E-state index contributed by atoms with van der Waals surface area (Å²) in [6.07, 6.45) is 2.34. The van der Waals surface area contributed by atoms with E-state index in [4.69, 9.17) is 5.11 Å². The number of aromatic carboxylic acids is 1. The van der Waals surface area contributed by atoms with Crippen molar-refractivity contribution in [1.29, 1.82) is 0 Å². The number of hydrogen-bond acceptors (Lipinski definition) is 1. The van der Waals surface area contributed by atoms with Gasteiger partial charge in [0.15, 0.2) is 11.6 Å².